The Bertz CT molecular complexity index is 1130. The zero-order valence-electron chi connectivity index (χ0n) is 15.6. The summed E-state index contributed by atoms with van der Waals surface area (Å²) in [6.07, 6.45) is 6.00. The van der Waals surface area contributed by atoms with Crippen LogP contribution >= 0.6 is 11.6 Å². The number of benzene rings is 1. The molecule has 4 rings (SSSR count). The summed E-state index contributed by atoms with van der Waals surface area (Å²) in [7, 11) is 1.61. The van der Waals surface area contributed by atoms with Gasteiger partial charge >= 0.3 is 0 Å². The van der Waals surface area contributed by atoms with E-state index >= 15 is 0 Å². The number of carbonyl (C=O) groups excluding carboxylic acids is 1. The number of halogens is 1. The Morgan fingerprint density at radius 2 is 2.10 bits per heavy atom. The third-order valence-corrected chi connectivity index (χ3v) is 4.73. The van der Waals surface area contributed by atoms with Crippen molar-refractivity contribution in [1.82, 2.24) is 19.9 Å². The molecule has 29 heavy (non-hydrogen) atoms. The van der Waals surface area contributed by atoms with Crippen molar-refractivity contribution in [2.45, 2.75) is 13.1 Å². The van der Waals surface area contributed by atoms with E-state index in [1.54, 1.807) is 24.3 Å². The van der Waals surface area contributed by atoms with Gasteiger partial charge in [-0.15, -0.1) is 0 Å². The molecule has 1 amide bonds. The molecule has 0 atom stereocenters. The third-order valence-electron chi connectivity index (χ3n) is 4.41. The molecule has 0 saturated heterocycles. The number of pyridine rings is 1. The van der Waals surface area contributed by atoms with Gasteiger partial charge in [-0.3, -0.25) is 9.78 Å². The first-order valence-corrected chi connectivity index (χ1v) is 9.22. The van der Waals surface area contributed by atoms with Gasteiger partial charge in [-0.25, -0.2) is 9.97 Å². The molecule has 0 bridgehead atoms. The number of fused-ring (bicyclic) bond motifs is 1. The maximum Gasteiger partial charge on any atom is 0.274 e. The van der Waals surface area contributed by atoms with Crippen LogP contribution in [-0.4, -0.2) is 32.9 Å². The van der Waals surface area contributed by atoms with Crippen molar-refractivity contribution in [3.63, 3.8) is 0 Å². The second kappa shape index (κ2) is 8.28. The van der Waals surface area contributed by atoms with Crippen LogP contribution in [0.4, 0.5) is 0 Å². The molecular formula is C21H17ClN4O3. The molecule has 1 aromatic carbocycles. The molecule has 0 unspecified atom stereocenters. The van der Waals surface area contributed by atoms with Crippen molar-refractivity contribution >= 4 is 28.4 Å². The smallest absolute Gasteiger partial charge is 0.274 e. The van der Waals surface area contributed by atoms with Gasteiger partial charge in [0, 0.05) is 29.9 Å². The highest BCUT2D eigenvalue weighted by atomic mass is 35.5. The zero-order valence-corrected chi connectivity index (χ0v) is 16.3. The van der Waals surface area contributed by atoms with Gasteiger partial charge in [0.25, 0.3) is 5.91 Å². The van der Waals surface area contributed by atoms with Crippen molar-refractivity contribution < 1.29 is 13.9 Å². The summed E-state index contributed by atoms with van der Waals surface area (Å²) in [5, 5.41) is 1.20. The van der Waals surface area contributed by atoms with E-state index in [1.165, 1.54) is 18.6 Å². The number of amides is 1. The molecular weight excluding hydrogens is 392 g/mol. The fourth-order valence-electron chi connectivity index (χ4n) is 2.98. The van der Waals surface area contributed by atoms with E-state index in [9.17, 15) is 4.79 Å². The zero-order chi connectivity index (χ0) is 20.2. The lowest BCUT2D eigenvalue weighted by Gasteiger charge is -2.22. The average Bonchev–Trinajstić information content (AvgIpc) is 3.26. The molecule has 8 heteroatoms. The fourth-order valence-corrected chi connectivity index (χ4v) is 3.19. The van der Waals surface area contributed by atoms with E-state index in [0.717, 1.165) is 16.7 Å². The summed E-state index contributed by atoms with van der Waals surface area (Å²) in [6.45, 7) is 0.490. The van der Waals surface area contributed by atoms with Gasteiger partial charge < -0.3 is 14.1 Å². The van der Waals surface area contributed by atoms with E-state index in [-0.39, 0.29) is 24.7 Å². The molecule has 7 nitrogen and oxygen atoms in total. The predicted molar refractivity (Wildman–Crippen MR) is 108 cm³/mol. The van der Waals surface area contributed by atoms with Crippen LogP contribution in [0.25, 0.3) is 10.9 Å². The van der Waals surface area contributed by atoms with Gasteiger partial charge in [-0.1, -0.05) is 11.6 Å². The summed E-state index contributed by atoms with van der Waals surface area (Å²) in [5.41, 5.74) is 1.69. The van der Waals surface area contributed by atoms with Crippen molar-refractivity contribution in [1.29, 1.82) is 0 Å². The summed E-state index contributed by atoms with van der Waals surface area (Å²) in [5.74, 6) is 1.08. The summed E-state index contributed by atoms with van der Waals surface area (Å²) in [6, 6.07) is 11.0. The molecule has 0 aliphatic rings. The van der Waals surface area contributed by atoms with Gasteiger partial charge in [-0.2, -0.15) is 0 Å². The number of methoxy groups -OCH3 is 1. The molecule has 0 aliphatic heterocycles. The van der Waals surface area contributed by atoms with Crippen molar-refractivity contribution in [2.24, 2.45) is 0 Å². The Morgan fingerprint density at radius 1 is 1.21 bits per heavy atom. The second-order valence-electron chi connectivity index (χ2n) is 6.33. The lowest BCUT2D eigenvalue weighted by Crippen LogP contribution is -2.31. The highest BCUT2D eigenvalue weighted by Gasteiger charge is 2.21. The van der Waals surface area contributed by atoms with Gasteiger partial charge in [0.2, 0.25) is 0 Å². The number of ether oxygens (including phenoxy) is 1. The van der Waals surface area contributed by atoms with Crippen LogP contribution in [0.2, 0.25) is 5.15 Å². The summed E-state index contributed by atoms with van der Waals surface area (Å²) < 4.78 is 10.7. The number of hydrogen-bond donors (Lipinski definition) is 0. The Kier molecular flexibility index (Phi) is 5.39. The molecule has 0 fully saturated rings. The minimum Gasteiger partial charge on any atom is -0.497 e. The highest BCUT2D eigenvalue weighted by molar-refractivity contribution is 6.30. The quantitative estimate of drug-likeness (QED) is 0.446. The number of hydrogen-bond acceptors (Lipinski definition) is 6. The van der Waals surface area contributed by atoms with Crippen LogP contribution < -0.4 is 4.74 Å². The minimum atomic E-state index is -0.281. The van der Waals surface area contributed by atoms with Crippen LogP contribution in [0.1, 0.15) is 21.8 Å². The van der Waals surface area contributed by atoms with Gasteiger partial charge in [0.15, 0.2) is 0 Å². The van der Waals surface area contributed by atoms with E-state index < -0.39 is 0 Å². The molecule has 3 heterocycles. The first-order valence-electron chi connectivity index (χ1n) is 8.85. The number of furan rings is 1. The van der Waals surface area contributed by atoms with Crippen molar-refractivity contribution in [2.75, 3.05) is 7.11 Å². The monoisotopic (exact) mass is 408 g/mol. The number of rotatable bonds is 6. The van der Waals surface area contributed by atoms with E-state index in [4.69, 9.17) is 20.8 Å². The molecule has 0 saturated carbocycles. The SMILES string of the molecule is COc1ccc2nc(Cl)c(CN(Cc3ccco3)C(=O)c3cnccn3)cc2c1. The first-order chi connectivity index (χ1) is 14.1. The van der Waals surface area contributed by atoms with Crippen LogP contribution in [0.5, 0.6) is 5.75 Å². The largest absolute Gasteiger partial charge is 0.497 e. The standard InChI is InChI=1S/C21H17ClN4O3/c1-28-16-4-5-18-14(10-16)9-15(20(22)25-18)12-26(13-17-3-2-8-29-17)21(27)19-11-23-6-7-24-19/h2-11H,12-13H2,1H3. The second-order valence-corrected chi connectivity index (χ2v) is 6.69. The predicted octanol–water partition coefficient (Wildman–Crippen LogP) is 4.12. The maximum absolute atomic E-state index is 13.0. The third kappa shape index (κ3) is 4.20. The van der Waals surface area contributed by atoms with E-state index in [1.807, 2.05) is 30.3 Å². The van der Waals surface area contributed by atoms with Crippen molar-refractivity contribution in [3.05, 3.63) is 83.4 Å². The van der Waals surface area contributed by atoms with Gasteiger partial charge in [0.05, 0.1) is 31.6 Å². The number of aromatic nitrogens is 3. The average molecular weight is 409 g/mol. The number of nitrogens with zero attached hydrogens (tertiary/aromatic N) is 4. The molecule has 0 spiro atoms. The van der Waals surface area contributed by atoms with Gasteiger partial charge in [0.1, 0.15) is 22.4 Å². The lowest BCUT2D eigenvalue weighted by atomic mass is 10.1. The minimum absolute atomic E-state index is 0.231. The maximum atomic E-state index is 13.0. The normalized spacial score (nSPS) is 10.8. The van der Waals surface area contributed by atoms with Crippen LogP contribution in [0, 0.1) is 0 Å². The molecule has 0 aliphatic carbocycles. The van der Waals surface area contributed by atoms with Crippen LogP contribution in [-0.2, 0) is 13.1 Å². The van der Waals surface area contributed by atoms with Crippen molar-refractivity contribution in [3.8, 4) is 5.75 Å². The summed E-state index contributed by atoms with van der Waals surface area (Å²) >= 11 is 6.42. The van der Waals surface area contributed by atoms with Gasteiger partial charge in [-0.05, 0) is 36.4 Å². The Hall–Kier alpha value is -3.45. The molecule has 0 radical (unpaired) electrons. The molecule has 0 N–H and O–H groups in total. The molecule has 4 aromatic rings. The number of carbonyl (C=O) groups is 1. The highest BCUT2D eigenvalue weighted by Crippen LogP contribution is 2.26. The van der Waals surface area contributed by atoms with Crippen LogP contribution in [0.3, 0.4) is 0 Å². The Labute approximate surface area is 171 Å². The Balaban J connectivity index is 1.69. The topological polar surface area (TPSA) is 81.4 Å². The molecule has 3 aromatic heterocycles. The summed E-state index contributed by atoms with van der Waals surface area (Å²) in [4.78, 5) is 27.2. The van der Waals surface area contributed by atoms with E-state index in [0.29, 0.717) is 16.5 Å². The van der Waals surface area contributed by atoms with Crippen LogP contribution in [0.15, 0.2) is 65.7 Å². The first kappa shape index (κ1) is 18.9. The Morgan fingerprint density at radius 3 is 2.83 bits per heavy atom. The van der Waals surface area contributed by atoms with E-state index in [2.05, 4.69) is 15.0 Å². The fraction of sp³-hybridized carbons (Fsp3) is 0.143. The lowest BCUT2D eigenvalue weighted by molar-refractivity contribution is 0.0711. The molecule has 146 valence electrons.